The highest BCUT2D eigenvalue weighted by Crippen LogP contribution is 2.31. The summed E-state index contributed by atoms with van der Waals surface area (Å²) in [5, 5.41) is 15.1. The molecule has 1 heterocycles. The molecule has 1 rings (SSSR count). The van der Waals surface area contributed by atoms with Gasteiger partial charge in [0.15, 0.2) is 5.03 Å². The van der Waals surface area contributed by atoms with Crippen molar-refractivity contribution in [2.45, 2.75) is 11.9 Å². The van der Waals surface area contributed by atoms with Crippen molar-refractivity contribution in [2.75, 3.05) is 11.5 Å². The van der Waals surface area contributed by atoms with Crippen LogP contribution >= 0.6 is 22.4 Å². The average Bonchev–Trinajstić information content (AvgIpc) is 2.39. The average molecular weight is 300 g/mol. The van der Waals surface area contributed by atoms with Gasteiger partial charge in [0, 0.05) is 23.5 Å². The fourth-order valence-electron chi connectivity index (χ4n) is 1.24. The molecule has 0 aliphatic heterocycles. The summed E-state index contributed by atoms with van der Waals surface area (Å²) < 4.78 is 22.8. The quantitative estimate of drug-likeness (QED) is 0.352. The summed E-state index contributed by atoms with van der Waals surface area (Å²) in [5.41, 5.74) is 0.207. The molecular weight excluding hydrogens is 290 g/mol. The normalized spacial score (nSPS) is 11.7. The van der Waals surface area contributed by atoms with E-state index in [1.165, 1.54) is 11.6 Å². The lowest BCUT2D eigenvalue weighted by atomic mass is 10.4. The number of rotatable bonds is 5. The lowest BCUT2D eigenvalue weighted by Gasteiger charge is -1.99. The van der Waals surface area contributed by atoms with Crippen LogP contribution in [0.1, 0.15) is 5.69 Å². The summed E-state index contributed by atoms with van der Waals surface area (Å²) in [4.78, 5) is 10.3. The molecule has 1 aromatic heterocycles. The Balaban J connectivity index is 2.87. The van der Waals surface area contributed by atoms with Crippen LogP contribution in [0.15, 0.2) is 5.03 Å². The zero-order chi connectivity index (χ0) is 13.2. The Morgan fingerprint density at radius 2 is 2.18 bits per heavy atom. The predicted molar refractivity (Wildman–Crippen MR) is 65.0 cm³/mol. The maximum atomic E-state index is 10.8. The molecule has 0 fully saturated rings. The van der Waals surface area contributed by atoms with Crippen LogP contribution in [0, 0.1) is 17.0 Å². The van der Waals surface area contributed by atoms with Crippen LogP contribution in [0.3, 0.4) is 0 Å². The fraction of sp³-hybridized carbons (Fsp3) is 0.571. The summed E-state index contributed by atoms with van der Waals surface area (Å²) >= 11 is 1.04. The van der Waals surface area contributed by atoms with Crippen molar-refractivity contribution in [3.05, 3.63) is 15.8 Å². The topological polar surface area (TPSA) is 95.1 Å². The standard InChI is InChI=1S/C7H10ClN3O4S2/c1-5-6(11(12)13)7(10(2)9-5)16-3-4-17(8,14)15/h3-4H2,1-2H3. The first-order valence-corrected chi connectivity index (χ1v) is 7.92. The zero-order valence-corrected chi connectivity index (χ0v) is 11.5. The van der Waals surface area contributed by atoms with E-state index >= 15 is 0 Å². The van der Waals surface area contributed by atoms with Gasteiger partial charge in [-0.05, 0) is 6.92 Å². The molecule has 0 radical (unpaired) electrons. The monoisotopic (exact) mass is 299 g/mol. The van der Waals surface area contributed by atoms with Crippen LogP contribution in [-0.2, 0) is 16.1 Å². The maximum Gasteiger partial charge on any atom is 0.323 e. The van der Waals surface area contributed by atoms with Gasteiger partial charge in [-0.2, -0.15) is 5.10 Å². The molecule has 0 amide bonds. The number of hydrogen-bond acceptors (Lipinski definition) is 6. The van der Waals surface area contributed by atoms with E-state index in [1.54, 1.807) is 7.05 Å². The molecule has 0 aromatic carbocycles. The molecule has 0 bridgehead atoms. The maximum absolute atomic E-state index is 10.8. The molecule has 0 saturated heterocycles. The van der Waals surface area contributed by atoms with Crippen molar-refractivity contribution < 1.29 is 13.3 Å². The van der Waals surface area contributed by atoms with Crippen LogP contribution in [-0.4, -0.2) is 34.6 Å². The molecule has 96 valence electrons. The molecule has 7 nitrogen and oxygen atoms in total. The molecule has 0 N–H and O–H groups in total. The molecule has 0 unspecified atom stereocenters. The smallest absolute Gasteiger partial charge is 0.258 e. The molecule has 10 heteroatoms. The van der Waals surface area contributed by atoms with Crippen molar-refractivity contribution in [3.8, 4) is 0 Å². The fourth-order valence-corrected chi connectivity index (χ4v) is 3.71. The Hall–Kier alpha value is -0.800. The Labute approximate surface area is 107 Å². The third-order valence-electron chi connectivity index (χ3n) is 1.89. The number of aromatic nitrogens is 2. The zero-order valence-electron chi connectivity index (χ0n) is 9.08. The number of aryl methyl sites for hydroxylation is 2. The minimum Gasteiger partial charge on any atom is -0.258 e. The van der Waals surface area contributed by atoms with E-state index in [2.05, 4.69) is 5.10 Å². The third kappa shape index (κ3) is 3.86. The minimum atomic E-state index is -3.58. The molecular formula is C7H10ClN3O4S2. The first-order valence-electron chi connectivity index (χ1n) is 4.45. The van der Waals surface area contributed by atoms with E-state index in [0.29, 0.717) is 10.7 Å². The van der Waals surface area contributed by atoms with Gasteiger partial charge in [-0.3, -0.25) is 14.8 Å². The van der Waals surface area contributed by atoms with Crippen LogP contribution in [0.5, 0.6) is 0 Å². The van der Waals surface area contributed by atoms with Gasteiger partial charge in [-0.15, -0.1) is 0 Å². The first kappa shape index (κ1) is 14.3. The van der Waals surface area contributed by atoms with Crippen LogP contribution in [0.25, 0.3) is 0 Å². The highest BCUT2D eigenvalue weighted by Gasteiger charge is 2.24. The van der Waals surface area contributed by atoms with Crippen LogP contribution < -0.4 is 0 Å². The molecule has 1 aromatic rings. The number of thioether (sulfide) groups is 1. The second-order valence-corrected chi connectivity index (χ2v) is 7.19. The molecule has 0 aliphatic rings. The number of nitro groups is 1. The van der Waals surface area contributed by atoms with Gasteiger partial charge in [0.1, 0.15) is 5.69 Å². The third-order valence-corrected chi connectivity index (χ3v) is 4.44. The Bertz CT molecular complexity index is 540. The summed E-state index contributed by atoms with van der Waals surface area (Å²) in [7, 11) is 3.03. The predicted octanol–water partition coefficient (Wildman–Crippen LogP) is 1.30. The van der Waals surface area contributed by atoms with E-state index in [0.717, 1.165) is 11.8 Å². The summed E-state index contributed by atoms with van der Waals surface area (Å²) in [6.07, 6.45) is 0. The second-order valence-electron chi connectivity index (χ2n) is 3.21. The Morgan fingerprint density at radius 1 is 1.59 bits per heavy atom. The number of halogens is 1. The van der Waals surface area contributed by atoms with Crippen molar-refractivity contribution in [3.63, 3.8) is 0 Å². The Morgan fingerprint density at radius 3 is 2.65 bits per heavy atom. The number of hydrogen-bond donors (Lipinski definition) is 0. The van der Waals surface area contributed by atoms with Gasteiger partial charge in [-0.1, -0.05) is 11.8 Å². The van der Waals surface area contributed by atoms with Crippen molar-refractivity contribution in [2.24, 2.45) is 7.05 Å². The van der Waals surface area contributed by atoms with E-state index in [-0.39, 0.29) is 17.2 Å². The van der Waals surface area contributed by atoms with Crippen LogP contribution in [0.2, 0.25) is 0 Å². The van der Waals surface area contributed by atoms with E-state index in [4.69, 9.17) is 10.7 Å². The van der Waals surface area contributed by atoms with E-state index < -0.39 is 14.0 Å². The molecule has 17 heavy (non-hydrogen) atoms. The van der Waals surface area contributed by atoms with Gasteiger partial charge in [-0.25, -0.2) is 8.42 Å². The lowest BCUT2D eigenvalue weighted by Crippen LogP contribution is -2.02. The largest absolute Gasteiger partial charge is 0.323 e. The second kappa shape index (κ2) is 5.23. The van der Waals surface area contributed by atoms with Crippen LogP contribution in [0.4, 0.5) is 5.69 Å². The Kier molecular flexibility index (Phi) is 4.39. The molecule has 0 aliphatic carbocycles. The van der Waals surface area contributed by atoms with Gasteiger partial charge in [0.05, 0.1) is 10.7 Å². The minimum absolute atomic E-state index is 0.0931. The number of nitrogens with zero attached hydrogens (tertiary/aromatic N) is 3. The SMILES string of the molecule is Cc1nn(C)c(SCCS(=O)(=O)Cl)c1[N+](=O)[O-]. The van der Waals surface area contributed by atoms with Crippen molar-refractivity contribution in [1.29, 1.82) is 0 Å². The first-order chi connectivity index (χ1) is 7.72. The van der Waals surface area contributed by atoms with Crippen molar-refractivity contribution in [1.82, 2.24) is 9.78 Å². The van der Waals surface area contributed by atoms with Gasteiger partial charge >= 0.3 is 5.69 Å². The highest BCUT2D eigenvalue weighted by molar-refractivity contribution is 8.14. The van der Waals surface area contributed by atoms with Crippen molar-refractivity contribution >= 4 is 37.2 Å². The summed E-state index contributed by atoms with van der Waals surface area (Å²) in [6, 6.07) is 0. The van der Waals surface area contributed by atoms with E-state index in [9.17, 15) is 18.5 Å². The summed E-state index contributed by atoms with van der Waals surface area (Å²) in [6.45, 7) is 1.53. The van der Waals surface area contributed by atoms with Gasteiger partial charge in [0.25, 0.3) is 0 Å². The van der Waals surface area contributed by atoms with Gasteiger partial charge < -0.3 is 0 Å². The molecule has 0 spiro atoms. The highest BCUT2D eigenvalue weighted by atomic mass is 35.7. The summed E-state index contributed by atoms with van der Waals surface area (Å²) in [5.74, 6) is -0.105. The van der Waals surface area contributed by atoms with E-state index in [1.807, 2.05) is 0 Å². The lowest BCUT2D eigenvalue weighted by molar-refractivity contribution is -0.388. The molecule has 0 atom stereocenters. The van der Waals surface area contributed by atoms with Gasteiger partial charge in [0.2, 0.25) is 9.05 Å². The molecule has 0 saturated carbocycles.